The standard InChI is InChI=1S/C41H66N2O2S2/c1-5-7-9-11-13-15-17-19-21-23-28-42-40(44)38-30-36(32(3)46-38)34-26-25-27-35(34)37-31-39(47-33(37)4)41(45)43-29-24-22-20-18-16-14-12-10-8-6-2/h30-31H,5-29H2,1-4H3,(H,42,44)(H,43,45). The normalized spacial score (nSPS) is 13.1. The zero-order valence-electron chi connectivity index (χ0n) is 30.5. The minimum absolute atomic E-state index is 0.0634. The van der Waals surface area contributed by atoms with E-state index in [9.17, 15) is 9.59 Å². The highest BCUT2D eigenvalue weighted by molar-refractivity contribution is 7.14. The molecule has 2 aromatic rings. The molecule has 0 atom stereocenters. The average Bonchev–Trinajstić information content (AvgIpc) is 3.80. The number of unbranched alkanes of at least 4 members (excludes halogenated alkanes) is 18. The smallest absolute Gasteiger partial charge is 0.261 e. The fourth-order valence-electron chi connectivity index (χ4n) is 6.93. The summed E-state index contributed by atoms with van der Waals surface area (Å²) in [5.74, 6) is 0.127. The van der Waals surface area contributed by atoms with E-state index in [1.807, 2.05) is 0 Å². The molecule has 264 valence electrons. The number of carbonyl (C=O) groups is 2. The van der Waals surface area contributed by atoms with E-state index in [1.54, 1.807) is 22.7 Å². The van der Waals surface area contributed by atoms with Gasteiger partial charge in [-0.2, -0.15) is 0 Å². The lowest BCUT2D eigenvalue weighted by Crippen LogP contribution is -2.23. The third-order valence-electron chi connectivity index (χ3n) is 9.78. The molecular weight excluding hydrogens is 617 g/mol. The molecule has 0 saturated carbocycles. The molecule has 0 aliphatic heterocycles. The Kier molecular flexibility index (Phi) is 19.7. The Hall–Kier alpha value is -1.92. The topological polar surface area (TPSA) is 58.2 Å². The molecule has 0 fully saturated rings. The molecule has 1 aliphatic rings. The van der Waals surface area contributed by atoms with Crippen molar-refractivity contribution >= 4 is 45.6 Å². The van der Waals surface area contributed by atoms with Crippen LogP contribution in [0.1, 0.15) is 202 Å². The first kappa shape index (κ1) is 39.5. The number of allylic oxidation sites excluding steroid dienone is 2. The zero-order chi connectivity index (χ0) is 33.7. The van der Waals surface area contributed by atoms with Crippen LogP contribution >= 0.6 is 22.7 Å². The summed E-state index contributed by atoms with van der Waals surface area (Å²) in [6, 6.07) is 4.24. The molecule has 0 bridgehead atoms. The van der Waals surface area contributed by atoms with Gasteiger partial charge in [0.25, 0.3) is 11.8 Å². The quantitative estimate of drug-likeness (QED) is 0.0970. The van der Waals surface area contributed by atoms with Crippen LogP contribution in [0.5, 0.6) is 0 Å². The van der Waals surface area contributed by atoms with E-state index in [4.69, 9.17) is 0 Å². The van der Waals surface area contributed by atoms with E-state index in [0.29, 0.717) is 0 Å². The highest BCUT2D eigenvalue weighted by atomic mass is 32.1. The Balaban J connectivity index is 1.43. The Morgan fingerprint density at radius 3 is 1.19 bits per heavy atom. The Morgan fingerprint density at radius 2 is 0.851 bits per heavy atom. The van der Waals surface area contributed by atoms with Crippen LogP contribution in [0.3, 0.4) is 0 Å². The number of rotatable bonds is 26. The van der Waals surface area contributed by atoms with Crippen LogP contribution in [0.15, 0.2) is 12.1 Å². The molecule has 0 aromatic carbocycles. The summed E-state index contributed by atoms with van der Waals surface area (Å²) < 4.78 is 0. The van der Waals surface area contributed by atoms with Gasteiger partial charge in [0, 0.05) is 22.8 Å². The van der Waals surface area contributed by atoms with E-state index in [0.717, 1.165) is 54.9 Å². The fraction of sp³-hybridized carbons (Fsp3) is 0.707. The second kappa shape index (κ2) is 23.4. The summed E-state index contributed by atoms with van der Waals surface area (Å²) in [5.41, 5.74) is 5.18. The monoisotopic (exact) mass is 682 g/mol. The summed E-state index contributed by atoms with van der Waals surface area (Å²) in [7, 11) is 0. The van der Waals surface area contributed by atoms with E-state index in [2.05, 4.69) is 50.5 Å². The van der Waals surface area contributed by atoms with Gasteiger partial charge in [0.15, 0.2) is 0 Å². The molecule has 0 saturated heterocycles. The Bertz CT molecular complexity index is 1130. The fourth-order valence-corrected chi connectivity index (χ4v) is 8.86. The maximum atomic E-state index is 13.0. The van der Waals surface area contributed by atoms with E-state index >= 15 is 0 Å². The molecule has 2 N–H and O–H groups in total. The van der Waals surface area contributed by atoms with Crippen LogP contribution < -0.4 is 10.6 Å². The molecule has 4 nitrogen and oxygen atoms in total. The van der Waals surface area contributed by atoms with Crippen LogP contribution in [-0.4, -0.2) is 24.9 Å². The number of hydrogen-bond donors (Lipinski definition) is 2. The number of thiophene rings is 2. The first-order chi connectivity index (χ1) is 23.0. The predicted molar refractivity (Wildman–Crippen MR) is 207 cm³/mol. The van der Waals surface area contributed by atoms with Crippen LogP contribution in [0.4, 0.5) is 0 Å². The lowest BCUT2D eigenvalue weighted by molar-refractivity contribution is 0.0948. The summed E-state index contributed by atoms with van der Waals surface area (Å²) in [6.07, 6.45) is 29.2. The molecule has 0 radical (unpaired) electrons. The van der Waals surface area contributed by atoms with Crippen molar-refractivity contribution < 1.29 is 9.59 Å². The van der Waals surface area contributed by atoms with Gasteiger partial charge in [0.05, 0.1) is 9.75 Å². The molecule has 2 heterocycles. The van der Waals surface area contributed by atoms with Gasteiger partial charge in [-0.1, -0.05) is 129 Å². The van der Waals surface area contributed by atoms with Crippen molar-refractivity contribution in [3.63, 3.8) is 0 Å². The molecule has 0 unspecified atom stereocenters. The van der Waals surface area contributed by atoms with Gasteiger partial charge in [-0.3, -0.25) is 9.59 Å². The van der Waals surface area contributed by atoms with E-state index in [1.165, 1.54) is 148 Å². The van der Waals surface area contributed by atoms with Crippen LogP contribution in [0.25, 0.3) is 11.1 Å². The molecule has 6 heteroatoms. The summed E-state index contributed by atoms with van der Waals surface area (Å²) >= 11 is 3.23. The summed E-state index contributed by atoms with van der Waals surface area (Å²) in [5, 5.41) is 6.36. The van der Waals surface area contributed by atoms with Crippen LogP contribution in [-0.2, 0) is 0 Å². The second-order valence-corrected chi connectivity index (χ2v) is 16.4. The van der Waals surface area contributed by atoms with Crippen LogP contribution in [0, 0.1) is 13.8 Å². The van der Waals surface area contributed by atoms with Crippen molar-refractivity contribution in [2.45, 2.75) is 175 Å². The van der Waals surface area contributed by atoms with Crippen molar-refractivity contribution in [3.8, 4) is 0 Å². The van der Waals surface area contributed by atoms with Gasteiger partial charge < -0.3 is 10.6 Å². The molecule has 2 aromatic heterocycles. The molecule has 47 heavy (non-hydrogen) atoms. The minimum atomic E-state index is 0.0634. The molecular formula is C41H66N2O2S2. The van der Waals surface area contributed by atoms with Gasteiger partial charge in [0.2, 0.25) is 0 Å². The van der Waals surface area contributed by atoms with Crippen molar-refractivity contribution in [1.82, 2.24) is 10.6 Å². The van der Waals surface area contributed by atoms with Crippen molar-refractivity contribution in [2.24, 2.45) is 0 Å². The van der Waals surface area contributed by atoms with Crippen molar-refractivity contribution in [1.29, 1.82) is 0 Å². The van der Waals surface area contributed by atoms with Crippen LogP contribution in [0.2, 0.25) is 0 Å². The second-order valence-electron chi connectivity index (χ2n) is 13.8. The zero-order valence-corrected chi connectivity index (χ0v) is 32.1. The molecule has 0 spiro atoms. The summed E-state index contributed by atoms with van der Waals surface area (Å²) in [6.45, 7) is 10.3. The number of nitrogens with one attached hydrogen (secondary N) is 2. The number of aryl methyl sites for hydroxylation is 2. The van der Waals surface area contributed by atoms with Crippen molar-refractivity contribution in [2.75, 3.05) is 13.1 Å². The molecule has 2 amide bonds. The minimum Gasteiger partial charge on any atom is -0.351 e. The first-order valence-electron chi connectivity index (χ1n) is 19.5. The third-order valence-corrected chi connectivity index (χ3v) is 11.9. The summed E-state index contributed by atoms with van der Waals surface area (Å²) in [4.78, 5) is 30.1. The van der Waals surface area contributed by atoms with Gasteiger partial charge in [0.1, 0.15) is 0 Å². The number of hydrogen-bond acceptors (Lipinski definition) is 4. The highest BCUT2D eigenvalue weighted by Gasteiger charge is 2.25. The number of amides is 2. The van der Waals surface area contributed by atoms with E-state index < -0.39 is 0 Å². The molecule has 3 rings (SSSR count). The van der Waals surface area contributed by atoms with Gasteiger partial charge in [-0.15, -0.1) is 22.7 Å². The maximum Gasteiger partial charge on any atom is 0.261 e. The van der Waals surface area contributed by atoms with Gasteiger partial charge >= 0.3 is 0 Å². The first-order valence-corrected chi connectivity index (χ1v) is 21.1. The highest BCUT2D eigenvalue weighted by Crippen LogP contribution is 2.45. The third kappa shape index (κ3) is 14.2. The van der Waals surface area contributed by atoms with E-state index in [-0.39, 0.29) is 11.8 Å². The maximum absolute atomic E-state index is 13.0. The van der Waals surface area contributed by atoms with Gasteiger partial charge in [-0.25, -0.2) is 0 Å². The Morgan fingerprint density at radius 1 is 0.532 bits per heavy atom. The SMILES string of the molecule is CCCCCCCCCCCCNC(=O)c1cc(C2=C(c3cc(C(=O)NCCCCCCCCCCCC)sc3C)CCC2)c(C)s1. The molecule has 1 aliphatic carbocycles. The lowest BCUT2D eigenvalue weighted by atomic mass is 9.97. The van der Waals surface area contributed by atoms with Crippen molar-refractivity contribution in [3.05, 3.63) is 42.8 Å². The predicted octanol–water partition coefficient (Wildman–Crippen LogP) is 12.8. The lowest BCUT2D eigenvalue weighted by Gasteiger charge is -2.07. The van der Waals surface area contributed by atoms with Gasteiger partial charge in [-0.05, 0) is 80.4 Å². The number of carbonyl (C=O) groups excluding carboxylic acids is 2. The Labute approximate surface area is 296 Å². The average molecular weight is 683 g/mol. The largest absolute Gasteiger partial charge is 0.351 e.